The Bertz CT molecular complexity index is 390. The van der Waals surface area contributed by atoms with Gasteiger partial charge >= 0.3 is 0 Å². The zero-order chi connectivity index (χ0) is 13.0. The van der Waals surface area contributed by atoms with Crippen molar-refractivity contribution in [3.05, 3.63) is 29.8 Å². The molecular formula is C13H21N3O. The molecule has 0 radical (unpaired) electrons. The Balaban J connectivity index is 2.70. The number of likely N-dealkylation sites (N-methyl/N-ethyl adjacent to an activating group) is 2. The van der Waals surface area contributed by atoms with Crippen molar-refractivity contribution in [3.63, 3.8) is 0 Å². The Morgan fingerprint density at radius 2 is 1.88 bits per heavy atom. The van der Waals surface area contributed by atoms with Crippen LogP contribution in [0, 0.1) is 0 Å². The number of para-hydroxylation sites is 1. The van der Waals surface area contributed by atoms with Crippen LogP contribution in [0.5, 0.6) is 0 Å². The van der Waals surface area contributed by atoms with Crippen molar-refractivity contribution in [1.29, 1.82) is 0 Å². The second-order valence-corrected chi connectivity index (χ2v) is 4.52. The van der Waals surface area contributed by atoms with Gasteiger partial charge in [-0.1, -0.05) is 18.2 Å². The Hall–Kier alpha value is -1.55. The number of amides is 1. The first kappa shape index (κ1) is 13.5. The minimum atomic E-state index is -0.149. The van der Waals surface area contributed by atoms with Gasteiger partial charge in [-0.25, -0.2) is 0 Å². The molecule has 0 aliphatic carbocycles. The van der Waals surface area contributed by atoms with E-state index in [2.05, 4.69) is 0 Å². The van der Waals surface area contributed by atoms with Crippen LogP contribution >= 0.6 is 0 Å². The molecule has 0 saturated carbocycles. The van der Waals surface area contributed by atoms with Gasteiger partial charge in [0, 0.05) is 26.3 Å². The van der Waals surface area contributed by atoms with Crippen LogP contribution in [-0.2, 0) is 11.3 Å². The SMILES string of the molecule is CC(C(=O)N(C)C)N(C)Cc1ccccc1N. The number of nitrogens with two attached hydrogens (primary N) is 1. The van der Waals surface area contributed by atoms with E-state index in [0.717, 1.165) is 11.3 Å². The molecule has 0 saturated heterocycles. The van der Waals surface area contributed by atoms with E-state index in [1.807, 2.05) is 43.1 Å². The Morgan fingerprint density at radius 3 is 2.41 bits per heavy atom. The Kier molecular flexibility index (Phi) is 4.52. The molecule has 0 aliphatic heterocycles. The molecule has 0 fully saturated rings. The smallest absolute Gasteiger partial charge is 0.239 e. The number of anilines is 1. The lowest BCUT2D eigenvalue weighted by molar-refractivity contribution is -0.133. The molecule has 0 aliphatic rings. The summed E-state index contributed by atoms with van der Waals surface area (Å²) < 4.78 is 0. The number of rotatable bonds is 4. The first-order chi connectivity index (χ1) is 7.93. The highest BCUT2D eigenvalue weighted by atomic mass is 16.2. The summed E-state index contributed by atoms with van der Waals surface area (Å²) in [5.41, 5.74) is 7.70. The first-order valence-corrected chi connectivity index (χ1v) is 5.68. The van der Waals surface area contributed by atoms with Crippen LogP contribution in [0.15, 0.2) is 24.3 Å². The van der Waals surface area contributed by atoms with E-state index in [1.165, 1.54) is 0 Å². The van der Waals surface area contributed by atoms with Gasteiger partial charge in [0.2, 0.25) is 5.91 Å². The third-order valence-corrected chi connectivity index (χ3v) is 2.93. The largest absolute Gasteiger partial charge is 0.398 e. The Morgan fingerprint density at radius 1 is 1.29 bits per heavy atom. The fraction of sp³-hybridized carbons (Fsp3) is 0.462. The van der Waals surface area contributed by atoms with Crippen molar-refractivity contribution in [1.82, 2.24) is 9.80 Å². The average molecular weight is 235 g/mol. The van der Waals surface area contributed by atoms with Crippen molar-refractivity contribution < 1.29 is 4.79 Å². The standard InChI is InChI=1S/C13H21N3O/c1-10(13(17)15(2)3)16(4)9-11-7-5-6-8-12(11)14/h5-8,10H,9,14H2,1-4H3. The summed E-state index contributed by atoms with van der Waals surface area (Å²) in [6.45, 7) is 2.58. The van der Waals surface area contributed by atoms with E-state index in [9.17, 15) is 4.79 Å². The van der Waals surface area contributed by atoms with Gasteiger partial charge in [-0.15, -0.1) is 0 Å². The fourth-order valence-corrected chi connectivity index (χ4v) is 1.65. The summed E-state index contributed by atoms with van der Waals surface area (Å²) in [5, 5.41) is 0. The van der Waals surface area contributed by atoms with E-state index in [0.29, 0.717) is 6.54 Å². The van der Waals surface area contributed by atoms with Crippen LogP contribution in [0.2, 0.25) is 0 Å². The number of nitrogen functional groups attached to an aromatic ring is 1. The topological polar surface area (TPSA) is 49.6 Å². The molecule has 0 bridgehead atoms. The summed E-state index contributed by atoms with van der Waals surface area (Å²) >= 11 is 0. The lowest BCUT2D eigenvalue weighted by Gasteiger charge is -2.26. The van der Waals surface area contributed by atoms with E-state index < -0.39 is 0 Å². The van der Waals surface area contributed by atoms with Crippen LogP contribution in [0.4, 0.5) is 5.69 Å². The van der Waals surface area contributed by atoms with Gasteiger partial charge in [0.1, 0.15) is 0 Å². The summed E-state index contributed by atoms with van der Waals surface area (Å²) in [4.78, 5) is 15.4. The van der Waals surface area contributed by atoms with Crippen LogP contribution < -0.4 is 5.73 Å². The van der Waals surface area contributed by atoms with Crippen LogP contribution in [0.3, 0.4) is 0 Å². The molecule has 4 heteroatoms. The second-order valence-electron chi connectivity index (χ2n) is 4.52. The van der Waals surface area contributed by atoms with Gasteiger partial charge < -0.3 is 10.6 Å². The van der Waals surface area contributed by atoms with Gasteiger partial charge in [-0.2, -0.15) is 0 Å². The normalized spacial score (nSPS) is 12.5. The lowest BCUT2D eigenvalue weighted by atomic mass is 10.1. The highest BCUT2D eigenvalue weighted by Gasteiger charge is 2.19. The molecule has 1 amide bonds. The molecular weight excluding hydrogens is 214 g/mol. The predicted octanol–water partition coefficient (Wildman–Crippen LogP) is 1.18. The molecule has 2 N–H and O–H groups in total. The summed E-state index contributed by atoms with van der Waals surface area (Å²) in [6.07, 6.45) is 0. The Labute approximate surface area is 103 Å². The predicted molar refractivity (Wildman–Crippen MR) is 70.5 cm³/mol. The average Bonchev–Trinajstić information content (AvgIpc) is 2.30. The third-order valence-electron chi connectivity index (χ3n) is 2.93. The van der Waals surface area contributed by atoms with E-state index in [-0.39, 0.29) is 11.9 Å². The number of hydrogen-bond donors (Lipinski definition) is 1. The van der Waals surface area contributed by atoms with Crippen LogP contribution in [0.25, 0.3) is 0 Å². The van der Waals surface area contributed by atoms with Gasteiger partial charge in [0.25, 0.3) is 0 Å². The van der Waals surface area contributed by atoms with Crippen molar-refractivity contribution in [2.75, 3.05) is 26.9 Å². The van der Waals surface area contributed by atoms with Crippen LogP contribution in [0.1, 0.15) is 12.5 Å². The van der Waals surface area contributed by atoms with Gasteiger partial charge in [0.05, 0.1) is 6.04 Å². The van der Waals surface area contributed by atoms with E-state index >= 15 is 0 Å². The van der Waals surface area contributed by atoms with E-state index in [1.54, 1.807) is 19.0 Å². The van der Waals surface area contributed by atoms with Crippen LogP contribution in [-0.4, -0.2) is 42.9 Å². The zero-order valence-electron chi connectivity index (χ0n) is 11.0. The van der Waals surface area contributed by atoms with Crippen molar-refractivity contribution in [3.8, 4) is 0 Å². The highest BCUT2D eigenvalue weighted by Crippen LogP contribution is 2.14. The zero-order valence-corrected chi connectivity index (χ0v) is 11.0. The van der Waals surface area contributed by atoms with Gasteiger partial charge in [-0.05, 0) is 25.6 Å². The minimum Gasteiger partial charge on any atom is -0.398 e. The maximum absolute atomic E-state index is 11.8. The molecule has 94 valence electrons. The molecule has 0 spiro atoms. The quantitative estimate of drug-likeness (QED) is 0.797. The number of benzene rings is 1. The second kappa shape index (κ2) is 5.68. The molecule has 1 rings (SSSR count). The summed E-state index contributed by atoms with van der Waals surface area (Å²) in [5.74, 6) is 0.0991. The summed E-state index contributed by atoms with van der Waals surface area (Å²) in [6, 6.07) is 7.58. The number of carbonyl (C=O) groups is 1. The van der Waals surface area contributed by atoms with Gasteiger partial charge in [0.15, 0.2) is 0 Å². The fourth-order valence-electron chi connectivity index (χ4n) is 1.65. The van der Waals surface area contributed by atoms with Crippen molar-refractivity contribution >= 4 is 11.6 Å². The first-order valence-electron chi connectivity index (χ1n) is 5.68. The molecule has 0 heterocycles. The monoisotopic (exact) mass is 235 g/mol. The third kappa shape index (κ3) is 3.46. The minimum absolute atomic E-state index is 0.0991. The highest BCUT2D eigenvalue weighted by molar-refractivity contribution is 5.80. The summed E-state index contributed by atoms with van der Waals surface area (Å²) in [7, 11) is 5.46. The molecule has 4 nitrogen and oxygen atoms in total. The molecule has 0 aromatic heterocycles. The molecule has 1 atom stereocenters. The van der Waals surface area contributed by atoms with Crippen molar-refractivity contribution in [2.24, 2.45) is 0 Å². The van der Waals surface area contributed by atoms with E-state index in [4.69, 9.17) is 5.73 Å². The molecule has 1 aromatic carbocycles. The lowest BCUT2D eigenvalue weighted by Crippen LogP contribution is -2.42. The number of carbonyl (C=O) groups excluding carboxylic acids is 1. The molecule has 1 unspecified atom stereocenters. The maximum atomic E-state index is 11.8. The maximum Gasteiger partial charge on any atom is 0.239 e. The molecule has 1 aromatic rings. The molecule has 17 heavy (non-hydrogen) atoms. The number of nitrogens with zero attached hydrogens (tertiary/aromatic N) is 2. The number of hydrogen-bond acceptors (Lipinski definition) is 3. The van der Waals surface area contributed by atoms with Gasteiger partial charge in [-0.3, -0.25) is 9.69 Å². The van der Waals surface area contributed by atoms with Crippen molar-refractivity contribution in [2.45, 2.75) is 19.5 Å².